The van der Waals surface area contributed by atoms with E-state index in [1.807, 2.05) is 24.3 Å². The zero-order valence-corrected chi connectivity index (χ0v) is 35.2. The lowest BCUT2D eigenvalue weighted by atomic mass is 10.0. The van der Waals surface area contributed by atoms with Crippen molar-refractivity contribution in [3.63, 3.8) is 0 Å². The monoisotopic (exact) mass is 878 g/mol. The number of halogens is 2. The molecule has 5 heterocycles. The number of fused-ring (bicyclic) bond motifs is 8. The molecule has 0 aliphatic carbocycles. The van der Waals surface area contributed by atoms with Crippen LogP contribution in [-0.4, -0.2) is 58.0 Å². The van der Waals surface area contributed by atoms with Crippen molar-refractivity contribution in [1.29, 1.82) is 0 Å². The molecule has 2 aliphatic rings. The Bertz CT molecular complexity index is 2200. The molecule has 2 aliphatic heterocycles. The molecule has 7 rings (SSSR count). The van der Waals surface area contributed by atoms with Crippen LogP contribution in [0.25, 0.3) is 68.6 Å². The molecule has 0 radical (unpaired) electrons. The molecular formula is C46H48Br2N4O4. The Balaban J connectivity index is 1.28. The minimum absolute atomic E-state index is 0.652. The Labute approximate surface area is 345 Å². The van der Waals surface area contributed by atoms with E-state index in [0.717, 1.165) is 115 Å². The number of nitrogens with zero attached hydrogens (tertiary/aromatic N) is 2. The molecule has 3 aromatic heterocycles. The molecule has 0 saturated heterocycles. The van der Waals surface area contributed by atoms with Gasteiger partial charge in [0.2, 0.25) is 0 Å². The maximum atomic E-state index is 6.17. The number of rotatable bonds is 18. The highest BCUT2D eigenvalue weighted by Gasteiger charge is 2.17. The van der Waals surface area contributed by atoms with E-state index in [1.165, 1.54) is 25.7 Å². The number of H-pyrrole nitrogens is 2. The SMILES string of the molecule is COc1cc(-c2c3nc(cc4ccc([nH]4)c(-c4ccc(OCCCCCCBr)c(OC)c4)c4nc(cc5ccc2[nH]5)C=C4)C=C3)ccc1OCCCCCCBr. The second-order valence-electron chi connectivity index (χ2n) is 13.8. The van der Waals surface area contributed by atoms with Crippen LogP contribution in [0.3, 0.4) is 0 Å². The fourth-order valence-electron chi connectivity index (χ4n) is 7.03. The number of aromatic nitrogens is 4. The van der Waals surface area contributed by atoms with Gasteiger partial charge in [0, 0.05) is 43.9 Å². The third-order valence-corrected chi connectivity index (χ3v) is 11.0. The Hall–Kier alpha value is -4.80. The molecule has 5 aromatic rings. The first-order valence-corrected chi connectivity index (χ1v) is 21.7. The van der Waals surface area contributed by atoms with E-state index in [9.17, 15) is 0 Å². The molecule has 0 saturated carbocycles. The summed E-state index contributed by atoms with van der Waals surface area (Å²) < 4.78 is 24.0. The molecule has 2 aromatic carbocycles. The van der Waals surface area contributed by atoms with Gasteiger partial charge in [-0.2, -0.15) is 0 Å². The van der Waals surface area contributed by atoms with Gasteiger partial charge in [-0.05, 0) is 122 Å². The van der Waals surface area contributed by atoms with Crippen LogP contribution in [-0.2, 0) is 0 Å². The predicted molar refractivity (Wildman–Crippen MR) is 238 cm³/mol. The lowest BCUT2D eigenvalue weighted by Gasteiger charge is -2.13. The summed E-state index contributed by atoms with van der Waals surface area (Å²) >= 11 is 7.02. The molecule has 0 amide bonds. The molecule has 0 spiro atoms. The maximum Gasteiger partial charge on any atom is 0.161 e. The van der Waals surface area contributed by atoms with Gasteiger partial charge in [0.25, 0.3) is 0 Å². The van der Waals surface area contributed by atoms with Gasteiger partial charge in [-0.15, -0.1) is 0 Å². The van der Waals surface area contributed by atoms with Crippen molar-refractivity contribution < 1.29 is 18.9 Å². The summed E-state index contributed by atoms with van der Waals surface area (Å²) in [6, 6.07) is 24.7. The Kier molecular flexibility index (Phi) is 13.6. The highest BCUT2D eigenvalue weighted by Crippen LogP contribution is 2.38. The minimum atomic E-state index is 0.652. The van der Waals surface area contributed by atoms with Crippen LogP contribution in [0.1, 0.15) is 74.1 Å². The van der Waals surface area contributed by atoms with Gasteiger partial charge >= 0.3 is 0 Å². The van der Waals surface area contributed by atoms with Crippen LogP contribution in [0, 0.1) is 0 Å². The average molecular weight is 881 g/mol. The molecule has 0 atom stereocenters. The van der Waals surface area contributed by atoms with Gasteiger partial charge in [-0.25, -0.2) is 9.97 Å². The second-order valence-corrected chi connectivity index (χ2v) is 15.4. The fraction of sp³-hybridized carbons (Fsp3) is 0.304. The van der Waals surface area contributed by atoms with Crippen LogP contribution >= 0.6 is 31.9 Å². The highest BCUT2D eigenvalue weighted by molar-refractivity contribution is 9.09. The van der Waals surface area contributed by atoms with E-state index in [0.29, 0.717) is 24.7 Å². The number of hydrogen-bond donors (Lipinski definition) is 2. The first-order chi connectivity index (χ1) is 27.6. The fourth-order valence-corrected chi connectivity index (χ4v) is 7.82. The van der Waals surface area contributed by atoms with Gasteiger partial charge in [-0.3, -0.25) is 0 Å². The molecule has 8 bridgehead atoms. The molecule has 2 N–H and O–H groups in total. The van der Waals surface area contributed by atoms with Crippen LogP contribution in [0.15, 0.2) is 72.8 Å². The lowest BCUT2D eigenvalue weighted by Crippen LogP contribution is -2.00. The Morgan fingerprint density at radius 1 is 0.482 bits per heavy atom. The predicted octanol–water partition coefficient (Wildman–Crippen LogP) is 12.7. The van der Waals surface area contributed by atoms with E-state index < -0.39 is 0 Å². The maximum absolute atomic E-state index is 6.17. The summed E-state index contributed by atoms with van der Waals surface area (Å²) in [6.07, 6.45) is 17.3. The number of alkyl halides is 2. The molecule has 8 nitrogen and oxygen atoms in total. The topological polar surface area (TPSA) is 94.3 Å². The number of ether oxygens (including phenoxy) is 4. The van der Waals surface area contributed by atoms with E-state index in [1.54, 1.807) is 14.2 Å². The summed E-state index contributed by atoms with van der Waals surface area (Å²) in [5.41, 5.74) is 11.0. The summed E-state index contributed by atoms with van der Waals surface area (Å²) in [6.45, 7) is 1.30. The first kappa shape index (κ1) is 39.4. The number of nitrogens with one attached hydrogen (secondary N) is 2. The van der Waals surface area contributed by atoms with Crippen molar-refractivity contribution in [3.8, 4) is 45.3 Å². The molecule has 290 valence electrons. The quantitative estimate of drug-likeness (QED) is 0.0659. The van der Waals surface area contributed by atoms with Crippen LogP contribution < -0.4 is 18.9 Å². The Morgan fingerprint density at radius 3 is 1.36 bits per heavy atom. The normalized spacial score (nSPS) is 11.9. The van der Waals surface area contributed by atoms with Crippen molar-refractivity contribution in [2.24, 2.45) is 0 Å². The first-order valence-electron chi connectivity index (χ1n) is 19.4. The molecular weight excluding hydrogens is 832 g/mol. The standard InChI is InChI=1S/C46H48Br2N4O4/c1-53-43-27-31(11-21-41(43)55-25-9-5-3-7-23-47)45-37-17-13-33(49-37)29-35-15-19-39(51-35)46(40-20-16-36(52-40)30-34-14-18-38(45)50-34)32-12-22-42(44(28-32)54-2)56-26-10-6-4-8-24-48/h11-22,27-30,49,52H,3-10,23-26H2,1-2H3. The minimum Gasteiger partial charge on any atom is -0.493 e. The van der Waals surface area contributed by atoms with Gasteiger partial charge in [0.1, 0.15) is 0 Å². The second kappa shape index (κ2) is 19.4. The van der Waals surface area contributed by atoms with Crippen molar-refractivity contribution in [3.05, 3.63) is 95.6 Å². The van der Waals surface area contributed by atoms with Gasteiger partial charge in [0.15, 0.2) is 23.0 Å². The van der Waals surface area contributed by atoms with E-state index in [4.69, 9.17) is 28.9 Å². The highest BCUT2D eigenvalue weighted by atomic mass is 79.9. The van der Waals surface area contributed by atoms with Crippen molar-refractivity contribution >= 4 is 78.2 Å². The zero-order valence-electron chi connectivity index (χ0n) is 32.0. The van der Waals surface area contributed by atoms with Crippen LogP contribution in [0.5, 0.6) is 23.0 Å². The van der Waals surface area contributed by atoms with Crippen LogP contribution in [0.2, 0.25) is 0 Å². The summed E-state index contributed by atoms with van der Waals surface area (Å²) in [7, 11) is 3.37. The number of methoxy groups -OCH3 is 2. The lowest BCUT2D eigenvalue weighted by molar-refractivity contribution is 0.285. The molecule has 56 heavy (non-hydrogen) atoms. The summed E-state index contributed by atoms with van der Waals surface area (Å²) in [5, 5.41) is 2.08. The van der Waals surface area contributed by atoms with Gasteiger partial charge < -0.3 is 28.9 Å². The van der Waals surface area contributed by atoms with Crippen LogP contribution in [0.4, 0.5) is 0 Å². The summed E-state index contributed by atoms with van der Waals surface area (Å²) in [5.74, 6) is 2.86. The summed E-state index contributed by atoms with van der Waals surface area (Å²) in [4.78, 5) is 17.5. The number of unbranched alkanes of at least 4 members (excludes halogenated alkanes) is 6. The third kappa shape index (κ3) is 9.59. The molecule has 0 fully saturated rings. The third-order valence-electron chi connectivity index (χ3n) is 9.87. The van der Waals surface area contributed by atoms with Gasteiger partial charge in [0.05, 0.1) is 50.2 Å². The Morgan fingerprint density at radius 2 is 0.929 bits per heavy atom. The zero-order chi connectivity index (χ0) is 38.7. The molecule has 0 unspecified atom stereocenters. The van der Waals surface area contributed by atoms with E-state index in [2.05, 4.69) is 115 Å². The van der Waals surface area contributed by atoms with E-state index >= 15 is 0 Å². The van der Waals surface area contributed by atoms with Gasteiger partial charge in [-0.1, -0.05) is 69.7 Å². The van der Waals surface area contributed by atoms with E-state index in [-0.39, 0.29) is 0 Å². The average Bonchev–Trinajstić information content (AvgIpc) is 4.06. The number of benzene rings is 2. The number of hydrogen-bond acceptors (Lipinski definition) is 6. The van der Waals surface area contributed by atoms with Crippen molar-refractivity contribution in [1.82, 2.24) is 19.9 Å². The van der Waals surface area contributed by atoms with Crippen molar-refractivity contribution in [2.45, 2.75) is 51.4 Å². The largest absolute Gasteiger partial charge is 0.493 e. The van der Waals surface area contributed by atoms with Crippen molar-refractivity contribution in [2.75, 3.05) is 38.1 Å². The smallest absolute Gasteiger partial charge is 0.161 e. The molecule has 10 heteroatoms. The number of aromatic amines is 2.